The van der Waals surface area contributed by atoms with Crippen molar-refractivity contribution in [2.75, 3.05) is 29.0 Å². The Morgan fingerprint density at radius 3 is 2.67 bits per heavy atom. The number of carbonyl (C=O) groups is 2. The molecule has 3 heterocycles. The van der Waals surface area contributed by atoms with E-state index in [4.69, 9.17) is 4.74 Å². The molecule has 218 valence electrons. The molecular formula is C30H33FN8O3. The third-order valence-electron chi connectivity index (χ3n) is 6.79. The van der Waals surface area contributed by atoms with Crippen LogP contribution in [0.2, 0.25) is 0 Å². The lowest BCUT2D eigenvalue weighted by molar-refractivity contribution is -0.114. The number of benzene rings is 2. The summed E-state index contributed by atoms with van der Waals surface area (Å²) in [4.78, 5) is 33.8. The maximum Gasteiger partial charge on any atom is 0.322 e. The number of aromatic nitrogens is 4. The summed E-state index contributed by atoms with van der Waals surface area (Å²) in [6, 6.07) is 13.9. The Hall–Kier alpha value is -4.84. The molecule has 5 rings (SSSR count). The molecule has 1 aliphatic rings. The Balaban J connectivity index is 1.30. The molecule has 4 aromatic rings. The Morgan fingerprint density at radius 1 is 1.14 bits per heavy atom. The van der Waals surface area contributed by atoms with Crippen LogP contribution in [0.4, 0.5) is 21.7 Å². The summed E-state index contributed by atoms with van der Waals surface area (Å²) in [6.45, 7) is 9.27. The number of ether oxygens (including phenoxy) is 1. The second-order valence-electron chi connectivity index (χ2n) is 10.4. The van der Waals surface area contributed by atoms with Gasteiger partial charge in [-0.05, 0) is 61.2 Å². The number of rotatable bonds is 10. The summed E-state index contributed by atoms with van der Waals surface area (Å²) >= 11 is 0. The van der Waals surface area contributed by atoms with E-state index in [1.54, 1.807) is 35.0 Å². The lowest BCUT2D eigenvalue weighted by Crippen LogP contribution is -2.37. The van der Waals surface area contributed by atoms with Gasteiger partial charge in [-0.3, -0.25) is 9.59 Å². The number of halogens is 1. The van der Waals surface area contributed by atoms with E-state index < -0.39 is 11.7 Å². The first kappa shape index (κ1) is 28.7. The molecule has 2 aromatic carbocycles. The van der Waals surface area contributed by atoms with Crippen LogP contribution < -0.4 is 26.0 Å². The first-order valence-corrected chi connectivity index (χ1v) is 13.8. The van der Waals surface area contributed by atoms with Crippen molar-refractivity contribution in [3.63, 3.8) is 0 Å². The zero-order valence-corrected chi connectivity index (χ0v) is 23.5. The van der Waals surface area contributed by atoms with Gasteiger partial charge >= 0.3 is 6.01 Å². The molecule has 1 aliphatic heterocycles. The van der Waals surface area contributed by atoms with Gasteiger partial charge in [-0.25, -0.2) is 4.39 Å². The third-order valence-corrected chi connectivity index (χ3v) is 6.79. The number of nitrogens with one attached hydrogen (secondary N) is 4. The van der Waals surface area contributed by atoms with Gasteiger partial charge in [-0.15, -0.1) is 0 Å². The Morgan fingerprint density at radius 2 is 1.93 bits per heavy atom. The number of hydrogen-bond donors (Lipinski definition) is 4. The molecule has 1 atom stereocenters. The first-order valence-electron chi connectivity index (χ1n) is 13.8. The van der Waals surface area contributed by atoms with Crippen molar-refractivity contribution in [1.82, 2.24) is 24.9 Å². The number of amides is 2. The molecule has 42 heavy (non-hydrogen) atoms. The molecule has 11 nitrogen and oxygen atoms in total. The first-order chi connectivity index (χ1) is 20.3. The fourth-order valence-corrected chi connectivity index (χ4v) is 4.60. The number of carbonyl (C=O) groups excluding carboxylic acids is 2. The van der Waals surface area contributed by atoms with Crippen molar-refractivity contribution in [2.24, 2.45) is 0 Å². The summed E-state index contributed by atoms with van der Waals surface area (Å²) in [5, 5.41) is 16.4. The molecule has 1 fully saturated rings. The van der Waals surface area contributed by atoms with Gasteiger partial charge in [-0.1, -0.05) is 38.6 Å². The molecule has 2 amide bonds. The minimum atomic E-state index is -1.11. The molecule has 0 saturated carbocycles. The van der Waals surface area contributed by atoms with Gasteiger partial charge < -0.3 is 26.0 Å². The number of anilines is 3. The van der Waals surface area contributed by atoms with E-state index in [-0.39, 0.29) is 23.6 Å². The van der Waals surface area contributed by atoms with E-state index in [1.807, 2.05) is 18.2 Å². The van der Waals surface area contributed by atoms with E-state index in [1.165, 1.54) is 6.07 Å². The largest absolute Gasteiger partial charge is 0.459 e. The zero-order chi connectivity index (χ0) is 29.6. The molecular weight excluding hydrogens is 539 g/mol. The average molecular weight is 573 g/mol. The number of piperidine rings is 1. The maximum absolute atomic E-state index is 13.1. The molecule has 0 bridgehead atoms. The highest BCUT2D eigenvalue weighted by Crippen LogP contribution is 2.24. The van der Waals surface area contributed by atoms with Crippen LogP contribution in [0.5, 0.6) is 6.01 Å². The van der Waals surface area contributed by atoms with Gasteiger partial charge in [0, 0.05) is 35.6 Å². The second-order valence-corrected chi connectivity index (χ2v) is 10.4. The van der Waals surface area contributed by atoms with Crippen molar-refractivity contribution < 1.29 is 18.7 Å². The zero-order valence-electron chi connectivity index (χ0n) is 23.5. The normalized spacial score (nSPS) is 14.9. The summed E-state index contributed by atoms with van der Waals surface area (Å²) in [6.07, 6.45) is 3.77. The molecule has 2 aromatic heterocycles. The molecule has 1 unspecified atom stereocenters. The predicted octanol–water partition coefficient (Wildman–Crippen LogP) is 4.66. The fraction of sp³-hybridized carbons (Fsp3) is 0.300. The van der Waals surface area contributed by atoms with Crippen LogP contribution in [0, 0.1) is 0 Å². The van der Waals surface area contributed by atoms with Gasteiger partial charge in [0.1, 0.15) is 6.10 Å². The molecule has 0 spiro atoms. The van der Waals surface area contributed by atoms with E-state index in [0.29, 0.717) is 35.4 Å². The van der Waals surface area contributed by atoms with Crippen molar-refractivity contribution in [2.45, 2.75) is 45.3 Å². The van der Waals surface area contributed by atoms with Gasteiger partial charge in [0.15, 0.2) is 11.5 Å². The van der Waals surface area contributed by atoms with Crippen LogP contribution in [-0.2, 0) is 11.3 Å². The highest BCUT2D eigenvalue weighted by molar-refractivity contribution is 6.06. The Bertz CT molecular complexity index is 1610. The topological polar surface area (TPSA) is 135 Å². The SMILES string of the molecule is C=C(F)C(=O)Nc1cccc(C(=O)Nc2cccc(CNc3nc(OC4CCCNC4)nc4c(C(C)C)cnn34)c2)c1. The lowest BCUT2D eigenvalue weighted by Gasteiger charge is -2.23. The van der Waals surface area contributed by atoms with Crippen LogP contribution in [0.25, 0.3) is 5.65 Å². The number of fused-ring (bicyclic) bond motifs is 1. The summed E-state index contributed by atoms with van der Waals surface area (Å²) in [5.74, 6) is -1.75. The van der Waals surface area contributed by atoms with Gasteiger partial charge in [0.05, 0.1) is 6.20 Å². The minimum Gasteiger partial charge on any atom is -0.459 e. The van der Waals surface area contributed by atoms with Crippen molar-refractivity contribution >= 4 is 34.8 Å². The molecule has 0 radical (unpaired) electrons. The van der Waals surface area contributed by atoms with E-state index >= 15 is 0 Å². The number of nitrogens with zero attached hydrogens (tertiary/aromatic N) is 4. The van der Waals surface area contributed by atoms with Crippen LogP contribution in [0.15, 0.2) is 67.1 Å². The molecule has 0 aliphatic carbocycles. The van der Waals surface area contributed by atoms with E-state index in [9.17, 15) is 14.0 Å². The van der Waals surface area contributed by atoms with E-state index in [2.05, 4.69) is 56.8 Å². The lowest BCUT2D eigenvalue weighted by atomic mass is 10.1. The quantitative estimate of drug-likeness (QED) is 0.202. The average Bonchev–Trinajstić information content (AvgIpc) is 3.41. The van der Waals surface area contributed by atoms with Gasteiger partial charge in [-0.2, -0.15) is 19.6 Å². The van der Waals surface area contributed by atoms with Crippen LogP contribution in [0.3, 0.4) is 0 Å². The van der Waals surface area contributed by atoms with Gasteiger partial charge in [0.2, 0.25) is 5.95 Å². The summed E-state index contributed by atoms with van der Waals surface area (Å²) in [5.41, 5.74) is 3.73. The molecule has 4 N–H and O–H groups in total. The summed E-state index contributed by atoms with van der Waals surface area (Å²) < 4.78 is 20.9. The maximum atomic E-state index is 13.1. The highest BCUT2D eigenvalue weighted by atomic mass is 19.1. The Kier molecular flexibility index (Phi) is 8.72. The monoisotopic (exact) mass is 572 g/mol. The summed E-state index contributed by atoms with van der Waals surface area (Å²) in [7, 11) is 0. The van der Waals surface area contributed by atoms with Crippen molar-refractivity contribution in [3.8, 4) is 6.01 Å². The van der Waals surface area contributed by atoms with Crippen LogP contribution in [-0.4, -0.2) is 50.6 Å². The predicted molar refractivity (Wildman–Crippen MR) is 158 cm³/mol. The smallest absolute Gasteiger partial charge is 0.322 e. The third kappa shape index (κ3) is 6.89. The standard InChI is InChI=1S/C30H33FN8O3/c1-18(2)25-17-34-39-26(25)37-30(42-24-11-6-12-32-16-24)38-29(39)33-15-20-7-4-9-22(13-20)36-28(41)21-8-5-10-23(14-21)35-27(40)19(3)31/h4-5,7-10,13-14,17-18,24,32H,3,6,11-12,15-16H2,1-2H3,(H,35,40)(H,36,41)(H,33,37,38). The van der Waals surface area contributed by atoms with Crippen molar-refractivity contribution in [3.05, 3.63) is 83.8 Å². The van der Waals surface area contributed by atoms with Crippen LogP contribution in [0.1, 0.15) is 54.1 Å². The minimum absolute atomic E-state index is 0.000111. The number of hydrogen-bond acceptors (Lipinski definition) is 8. The van der Waals surface area contributed by atoms with E-state index in [0.717, 1.165) is 37.1 Å². The molecule has 12 heteroatoms. The van der Waals surface area contributed by atoms with Gasteiger partial charge in [0.25, 0.3) is 11.8 Å². The highest BCUT2D eigenvalue weighted by Gasteiger charge is 2.20. The fourth-order valence-electron chi connectivity index (χ4n) is 4.60. The van der Waals surface area contributed by atoms with Crippen LogP contribution >= 0.6 is 0 Å². The van der Waals surface area contributed by atoms with Crippen molar-refractivity contribution in [1.29, 1.82) is 0 Å². The second kappa shape index (κ2) is 12.8. The molecule has 1 saturated heterocycles. The Labute approximate surface area is 242 Å².